The van der Waals surface area contributed by atoms with E-state index in [-0.39, 0.29) is 23.6 Å². The zero-order valence-electron chi connectivity index (χ0n) is 16.1. The fraction of sp³-hybridized carbons (Fsp3) is 0.368. The Balaban J connectivity index is 1.93. The third-order valence-electron chi connectivity index (χ3n) is 4.72. The maximum absolute atomic E-state index is 14.6. The molecule has 0 spiro atoms. The summed E-state index contributed by atoms with van der Waals surface area (Å²) in [7, 11) is 1.38. The Labute approximate surface area is 173 Å². The highest BCUT2D eigenvalue weighted by Crippen LogP contribution is 2.41. The molecule has 31 heavy (non-hydrogen) atoms. The molecule has 0 amide bonds. The molecule has 3 rings (SSSR count). The molecule has 166 valence electrons. The first-order valence-electron chi connectivity index (χ1n) is 8.91. The number of benzene rings is 1. The number of rotatable bonds is 6. The summed E-state index contributed by atoms with van der Waals surface area (Å²) >= 11 is 0. The van der Waals surface area contributed by atoms with Crippen molar-refractivity contribution in [3.63, 3.8) is 0 Å². The summed E-state index contributed by atoms with van der Waals surface area (Å²) < 4.78 is 77.5. The molecule has 1 aromatic heterocycles. The number of hydrogen-bond acceptors (Lipinski definition) is 7. The van der Waals surface area contributed by atoms with Crippen LogP contribution in [0.15, 0.2) is 35.6 Å². The number of aromatic nitrogens is 2. The zero-order chi connectivity index (χ0) is 22.8. The van der Waals surface area contributed by atoms with E-state index in [9.17, 15) is 26.7 Å². The molecule has 0 bridgehead atoms. The Hall–Kier alpha value is -3.31. The number of Topliss-reactive ketones (excluding diaryl/α,β-unsaturated/α-hetero) is 1. The van der Waals surface area contributed by atoms with Crippen molar-refractivity contribution in [1.29, 1.82) is 0 Å². The fourth-order valence-electron chi connectivity index (χ4n) is 3.17. The minimum absolute atomic E-state index is 0.00246. The number of carbonyl (C=O) groups excluding carboxylic acids is 1. The SMILES string of the molecule is COc1cnc(C(=O)Cc2ccc(F)c([C@]3(CF)C[C@H](C(F)(F)F)OC(N)=N3)c2)cn1. The first-order valence-corrected chi connectivity index (χ1v) is 8.91. The van der Waals surface area contributed by atoms with Gasteiger partial charge in [-0.15, -0.1) is 0 Å². The lowest BCUT2D eigenvalue weighted by Gasteiger charge is -2.36. The number of nitrogens with two attached hydrogens (primary N) is 1. The molecule has 7 nitrogen and oxygen atoms in total. The van der Waals surface area contributed by atoms with Crippen LogP contribution in [-0.4, -0.2) is 47.8 Å². The molecule has 0 saturated carbocycles. The van der Waals surface area contributed by atoms with Gasteiger partial charge in [0.15, 0.2) is 11.9 Å². The average molecular weight is 444 g/mol. The molecule has 0 radical (unpaired) electrons. The van der Waals surface area contributed by atoms with Crippen molar-refractivity contribution >= 4 is 11.8 Å². The highest BCUT2D eigenvalue weighted by Gasteiger charge is 2.52. The molecule has 2 aromatic rings. The van der Waals surface area contributed by atoms with E-state index in [0.29, 0.717) is 0 Å². The van der Waals surface area contributed by atoms with Crippen LogP contribution in [-0.2, 0) is 16.7 Å². The molecule has 2 heterocycles. The Morgan fingerprint density at radius 2 is 2.06 bits per heavy atom. The summed E-state index contributed by atoms with van der Waals surface area (Å²) in [6.45, 7) is -1.46. The Morgan fingerprint density at radius 1 is 1.32 bits per heavy atom. The number of ketones is 1. The molecule has 0 fully saturated rings. The quantitative estimate of drug-likeness (QED) is 0.543. The second kappa shape index (κ2) is 8.44. The minimum atomic E-state index is -4.86. The molecular weight excluding hydrogens is 427 g/mol. The van der Waals surface area contributed by atoms with Crippen molar-refractivity contribution in [1.82, 2.24) is 9.97 Å². The van der Waals surface area contributed by atoms with Gasteiger partial charge in [0, 0.05) is 18.4 Å². The van der Waals surface area contributed by atoms with Crippen molar-refractivity contribution in [3.8, 4) is 5.88 Å². The molecule has 0 unspecified atom stereocenters. The fourth-order valence-corrected chi connectivity index (χ4v) is 3.17. The van der Waals surface area contributed by atoms with Crippen LogP contribution in [0.2, 0.25) is 0 Å². The maximum atomic E-state index is 14.6. The number of methoxy groups -OCH3 is 1. The largest absolute Gasteiger partial charge is 0.480 e. The van der Waals surface area contributed by atoms with Gasteiger partial charge in [0.1, 0.15) is 23.7 Å². The first kappa shape index (κ1) is 22.4. The summed E-state index contributed by atoms with van der Waals surface area (Å²) in [5.41, 5.74) is 2.85. The minimum Gasteiger partial charge on any atom is -0.480 e. The lowest BCUT2D eigenvalue weighted by molar-refractivity contribution is -0.209. The van der Waals surface area contributed by atoms with Crippen molar-refractivity contribution in [2.45, 2.75) is 30.7 Å². The first-order chi connectivity index (χ1) is 14.6. The van der Waals surface area contributed by atoms with E-state index in [1.165, 1.54) is 25.6 Å². The van der Waals surface area contributed by atoms with Gasteiger partial charge in [-0.25, -0.2) is 23.7 Å². The molecule has 2 N–H and O–H groups in total. The smallest absolute Gasteiger partial charge is 0.425 e. The number of halogens is 5. The van der Waals surface area contributed by atoms with Gasteiger partial charge in [-0.3, -0.25) is 4.79 Å². The Kier molecular flexibility index (Phi) is 6.09. The number of carbonyl (C=O) groups is 1. The van der Waals surface area contributed by atoms with Crippen LogP contribution in [0.5, 0.6) is 5.88 Å². The van der Waals surface area contributed by atoms with E-state index in [1.54, 1.807) is 0 Å². The number of ether oxygens (including phenoxy) is 2. The molecule has 0 aliphatic carbocycles. The van der Waals surface area contributed by atoms with Gasteiger partial charge in [-0.1, -0.05) is 6.07 Å². The van der Waals surface area contributed by atoms with Gasteiger partial charge < -0.3 is 15.2 Å². The van der Waals surface area contributed by atoms with Crippen molar-refractivity contribution in [2.24, 2.45) is 10.7 Å². The van der Waals surface area contributed by atoms with Crippen LogP contribution in [0.4, 0.5) is 22.0 Å². The van der Waals surface area contributed by atoms with Crippen LogP contribution >= 0.6 is 0 Å². The van der Waals surface area contributed by atoms with Gasteiger partial charge in [0.2, 0.25) is 5.88 Å². The summed E-state index contributed by atoms with van der Waals surface area (Å²) in [6.07, 6.45) is -6.19. The highest BCUT2D eigenvalue weighted by atomic mass is 19.4. The Bertz CT molecular complexity index is 997. The van der Waals surface area contributed by atoms with Crippen LogP contribution < -0.4 is 10.5 Å². The molecule has 12 heteroatoms. The lowest BCUT2D eigenvalue weighted by atomic mass is 9.83. The van der Waals surface area contributed by atoms with E-state index >= 15 is 0 Å². The lowest BCUT2D eigenvalue weighted by Crippen LogP contribution is -2.48. The summed E-state index contributed by atoms with van der Waals surface area (Å²) in [5.74, 6) is -1.29. The molecule has 1 aliphatic heterocycles. The molecule has 1 aromatic carbocycles. The van der Waals surface area contributed by atoms with Crippen LogP contribution in [0.3, 0.4) is 0 Å². The number of hydrogen-bond donors (Lipinski definition) is 1. The van der Waals surface area contributed by atoms with Crippen molar-refractivity contribution < 1.29 is 36.2 Å². The Morgan fingerprint density at radius 3 is 2.65 bits per heavy atom. The van der Waals surface area contributed by atoms with E-state index in [4.69, 9.17) is 10.5 Å². The standard InChI is InChI=1S/C19H17F5N4O3/c1-30-16-8-26-13(7-27-16)14(29)5-10-2-3-12(21)11(4-10)18(9-20)6-15(19(22,23)24)31-17(25)28-18/h2-4,7-8,15H,5-6,9H2,1H3,(H2,25,28)/t15-,18-/m1/s1. The van der Waals surface area contributed by atoms with Gasteiger partial charge >= 0.3 is 6.18 Å². The molecule has 1 aliphatic rings. The zero-order valence-corrected chi connectivity index (χ0v) is 16.1. The average Bonchev–Trinajstić information content (AvgIpc) is 2.74. The van der Waals surface area contributed by atoms with Crippen LogP contribution in [0, 0.1) is 5.82 Å². The summed E-state index contributed by atoms with van der Waals surface area (Å²) in [6, 6.07) is 2.38. The van der Waals surface area contributed by atoms with Crippen LogP contribution in [0.25, 0.3) is 0 Å². The number of aliphatic imine (C=N–C) groups is 1. The van der Waals surface area contributed by atoms with E-state index in [2.05, 4.69) is 19.7 Å². The topological polar surface area (TPSA) is 99.7 Å². The van der Waals surface area contributed by atoms with Gasteiger partial charge in [0.25, 0.3) is 6.02 Å². The second-order valence-electron chi connectivity index (χ2n) is 6.83. The molecule has 2 atom stereocenters. The van der Waals surface area contributed by atoms with E-state index in [0.717, 1.165) is 12.1 Å². The predicted molar refractivity (Wildman–Crippen MR) is 97.8 cm³/mol. The highest BCUT2D eigenvalue weighted by molar-refractivity contribution is 5.95. The number of amidine groups is 1. The van der Waals surface area contributed by atoms with E-state index in [1.807, 2.05) is 0 Å². The number of alkyl halides is 4. The molecule has 0 saturated heterocycles. The predicted octanol–water partition coefficient (Wildman–Crippen LogP) is 2.88. The third kappa shape index (κ3) is 4.72. The van der Waals surface area contributed by atoms with Crippen molar-refractivity contribution in [2.75, 3.05) is 13.8 Å². The second-order valence-corrected chi connectivity index (χ2v) is 6.83. The summed E-state index contributed by atoms with van der Waals surface area (Å²) in [4.78, 5) is 23.9. The van der Waals surface area contributed by atoms with Crippen LogP contribution in [0.1, 0.15) is 28.0 Å². The van der Waals surface area contributed by atoms with Gasteiger partial charge in [-0.05, 0) is 17.7 Å². The number of nitrogens with zero attached hydrogens (tertiary/aromatic N) is 3. The van der Waals surface area contributed by atoms with Gasteiger partial charge in [0.05, 0.1) is 19.5 Å². The van der Waals surface area contributed by atoms with E-state index < -0.39 is 54.1 Å². The van der Waals surface area contributed by atoms with Crippen molar-refractivity contribution in [3.05, 3.63) is 53.2 Å². The summed E-state index contributed by atoms with van der Waals surface area (Å²) in [5, 5.41) is 0. The monoisotopic (exact) mass is 444 g/mol. The third-order valence-corrected chi connectivity index (χ3v) is 4.72. The molecular formula is C19H17F5N4O3. The maximum Gasteiger partial charge on any atom is 0.425 e. The normalized spacial score (nSPS) is 21.2. The van der Waals surface area contributed by atoms with Gasteiger partial charge in [-0.2, -0.15) is 13.2 Å².